The van der Waals surface area contributed by atoms with E-state index in [1.807, 2.05) is 0 Å². The van der Waals surface area contributed by atoms with E-state index >= 15 is 0 Å². The second-order valence-corrected chi connectivity index (χ2v) is 5.12. The standard InChI is InChI=1S/C15H22N4/c1-4-12-13(9-16)15(18-17-14(12)5-2)19(6-3)10-11-7-8-11/h11H,4-8,10H2,1-3H3. The van der Waals surface area contributed by atoms with Gasteiger partial charge in [-0.05, 0) is 44.1 Å². The minimum absolute atomic E-state index is 0.733. The summed E-state index contributed by atoms with van der Waals surface area (Å²) in [5.41, 5.74) is 2.77. The summed E-state index contributed by atoms with van der Waals surface area (Å²) in [7, 11) is 0. The maximum absolute atomic E-state index is 9.50. The molecule has 1 aromatic heterocycles. The molecule has 4 heteroatoms. The molecule has 0 atom stereocenters. The zero-order valence-electron chi connectivity index (χ0n) is 12.1. The molecule has 0 aliphatic heterocycles. The molecule has 0 bridgehead atoms. The fraction of sp³-hybridized carbons (Fsp3) is 0.667. The van der Waals surface area contributed by atoms with Crippen LogP contribution in [0.5, 0.6) is 0 Å². The topological polar surface area (TPSA) is 52.8 Å². The van der Waals surface area contributed by atoms with Crippen LogP contribution in [0.1, 0.15) is 50.4 Å². The van der Waals surface area contributed by atoms with Gasteiger partial charge < -0.3 is 4.90 Å². The van der Waals surface area contributed by atoms with Crippen molar-refractivity contribution in [1.29, 1.82) is 5.26 Å². The van der Waals surface area contributed by atoms with Crippen molar-refractivity contribution < 1.29 is 0 Å². The molecule has 4 nitrogen and oxygen atoms in total. The van der Waals surface area contributed by atoms with Crippen LogP contribution in [0.4, 0.5) is 5.82 Å². The molecule has 0 N–H and O–H groups in total. The average Bonchev–Trinajstić information content (AvgIpc) is 3.26. The Hall–Kier alpha value is -1.63. The number of anilines is 1. The van der Waals surface area contributed by atoms with Crippen LogP contribution in [0.2, 0.25) is 0 Å². The maximum atomic E-state index is 9.50. The Balaban J connectivity index is 2.40. The molecule has 1 aromatic rings. The van der Waals surface area contributed by atoms with Crippen LogP contribution >= 0.6 is 0 Å². The number of aromatic nitrogens is 2. The Morgan fingerprint density at radius 1 is 1.21 bits per heavy atom. The van der Waals surface area contributed by atoms with E-state index in [9.17, 15) is 5.26 Å². The van der Waals surface area contributed by atoms with Crippen molar-refractivity contribution in [2.75, 3.05) is 18.0 Å². The summed E-state index contributed by atoms with van der Waals surface area (Å²) in [4.78, 5) is 2.21. The molecular formula is C15H22N4. The number of nitriles is 1. The Kier molecular flexibility index (Phi) is 4.36. The minimum atomic E-state index is 0.733. The van der Waals surface area contributed by atoms with Crippen LogP contribution in [-0.4, -0.2) is 23.3 Å². The van der Waals surface area contributed by atoms with Gasteiger partial charge in [-0.1, -0.05) is 13.8 Å². The molecule has 2 rings (SSSR count). The maximum Gasteiger partial charge on any atom is 0.169 e. The van der Waals surface area contributed by atoms with E-state index in [-0.39, 0.29) is 0 Å². The molecule has 1 fully saturated rings. The Labute approximate surface area is 115 Å². The van der Waals surface area contributed by atoms with Crippen LogP contribution in [0.15, 0.2) is 0 Å². The van der Waals surface area contributed by atoms with E-state index in [0.717, 1.165) is 54.5 Å². The fourth-order valence-corrected chi connectivity index (χ4v) is 2.48. The molecule has 0 radical (unpaired) electrons. The van der Waals surface area contributed by atoms with Crippen LogP contribution < -0.4 is 4.90 Å². The van der Waals surface area contributed by atoms with Gasteiger partial charge in [0.2, 0.25) is 0 Å². The van der Waals surface area contributed by atoms with Gasteiger partial charge >= 0.3 is 0 Å². The van der Waals surface area contributed by atoms with Gasteiger partial charge in [-0.15, -0.1) is 5.10 Å². The first-order chi connectivity index (χ1) is 9.24. The number of hydrogen-bond donors (Lipinski definition) is 0. The monoisotopic (exact) mass is 258 g/mol. The van der Waals surface area contributed by atoms with E-state index < -0.39 is 0 Å². The molecule has 19 heavy (non-hydrogen) atoms. The molecule has 1 heterocycles. The van der Waals surface area contributed by atoms with E-state index in [4.69, 9.17) is 0 Å². The van der Waals surface area contributed by atoms with Crippen molar-refractivity contribution in [1.82, 2.24) is 10.2 Å². The van der Waals surface area contributed by atoms with E-state index in [1.54, 1.807) is 0 Å². The summed E-state index contributed by atoms with van der Waals surface area (Å²) < 4.78 is 0. The largest absolute Gasteiger partial charge is 0.354 e. The molecule has 0 spiro atoms. The predicted molar refractivity (Wildman–Crippen MR) is 76.1 cm³/mol. The molecule has 0 saturated heterocycles. The highest BCUT2D eigenvalue weighted by Gasteiger charge is 2.26. The average molecular weight is 258 g/mol. The predicted octanol–water partition coefficient (Wildman–Crippen LogP) is 2.71. The Morgan fingerprint density at radius 3 is 2.42 bits per heavy atom. The van der Waals surface area contributed by atoms with Crippen molar-refractivity contribution >= 4 is 5.82 Å². The van der Waals surface area contributed by atoms with Gasteiger partial charge in [-0.2, -0.15) is 10.4 Å². The van der Waals surface area contributed by atoms with E-state index in [1.165, 1.54) is 12.8 Å². The van der Waals surface area contributed by atoms with Crippen LogP contribution in [0.3, 0.4) is 0 Å². The molecule has 1 saturated carbocycles. The molecule has 102 valence electrons. The van der Waals surface area contributed by atoms with Crippen LogP contribution in [0, 0.1) is 17.2 Å². The Morgan fingerprint density at radius 2 is 1.95 bits per heavy atom. The van der Waals surface area contributed by atoms with Gasteiger partial charge in [0.25, 0.3) is 0 Å². The SMILES string of the molecule is CCc1nnc(N(CC)CC2CC2)c(C#N)c1CC. The first-order valence-corrected chi connectivity index (χ1v) is 7.28. The van der Waals surface area contributed by atoms with Gasteiger partial charge in [-0.25, -0.2) is 0 Å². The van der Waals surface area contributed by atoms with Crippen molar-refractivity contribution in [3.8, 4) is 6.07 Å². The zero-order chi connectivity index (χ0) is 13.8. The highest BCUT2D eigenvalue weighted by Crippen LogP contribution is 2.32. The highest BCUT2D eigenvalue weighted by atomic mass is 15.3. The summed E-state index contributed by atoms with van der Waals surface area (Å²) in [5.74, 6) is 1.56. The number of nitrogens with zero attached hydrogens (tertiary/aromatic N) is 4. The minimum Gasteiger partial charge on any atom is -0.354 e. The summed E-state index contributed by atoms with van der Waals surface area (Å²) in [6.07, 6.45) is 4.29. The van der Waals surface area contributed by atoms with Gasteiger partial charge in [0, 0.05) is 13.1 Å². The van der Waals surface area contributed by atoms with Gasteiger partial charge in [0.05, 0.1) is 5.69 Å². The highest BCUT2D eigenvalue weighted by molar-refractivity contribution is 5.58. The lowest BCUT2D eigenvalue weighted by atomic mass is 10.0. The lowest BCUT2D eigenvalue weighted by Crippen LogP contribution is -2.28. The van der Waals surface area contributed by atoms with E-state index in [2.05, 4.69) is 41.9 Å². The van der Waals surface area contributed by atoms with Crippen LogP contribution in [-0.2, 0) is 12.8 Å². The lowest BCUT2D eigenvalue weighted by Gasteiger charge is -2.23. The molecule has 0 aromatic carbocycles. The third kappa shape index (κ3) is 2.86. The number of rotatable bonds is 6. The third-order valence-corrected chi connectivity index (χ3v) is 3.80. The first kappa shape index (κ1) is 13.8. The quantitative estimate of drug-likeness (QED) is 0.787. The molecule has 1 aliphatic carbocycles. The van der Waals surface area contributed by atoms with Crippen molar-refractivity contribution in [2.24, 2.45) is 5.92 Å². The Bertz CT molecular complexity index is 486. The smallest absolute Gasteiger partial charge is 0.169 e. The normalized spacial score (nSPS) is 14.2. The first-order valence-electron chi connectivity index (χ1n) is 7.28. The lowest BCUT2D eigenvalue weighted by molar-refractivity contribution is 0.716. The summed E-state index contributed by atoms with van der Waals surface area (Å²) in [5, 5.41) is 18.2. The van der Waals surface area contributed by atoms with E-state index in [0.29, 0.717) is 0 Å². The van der Waals surface area contributed by atoms with Crippen LogP contribution in [0.25, 0.3) is 0 Å². The molecule has 0 amide bonds. The second kappa shape index (κ2) is 6.01. The molecule has 1 aliphatic rings. The molecular weight excluding hydrogens is 236 g/mol. The second-order valence-electron chi connectivity index (χ2n) is 5.12. The molecule has 0 unspecified atom stereocenters. The van der Waals surface area contributed by atoms with Crippen molar-refractivity contribution in [3.05, 3.63) is 16.8 Å². The van der Waals surface area contributed by atoms with Gasteiger partial charge in [-0.3, -0.25) is 0 Å². The summed E-state index contributed by atoms with van der Waals surface area (Å²) >= 11 is 0. The fourth-order valence-electron chi connectivity index (χ4n) is 2.48. The van der Waals surface area contributed by atoms with Gasteiger partial charge in [0.1, 0.15) is 11.6 Å². The number of aryl methyl sites for hydroxylation is 1. The van der Waals surface area contributed by atoms with Crippen molar-refractivity contribution in [2.45, 2.75) is 46.5 Å². The van der Waals surface area contributed by atoms with Gasteiger partial charge in [0.15, 0.2) is 5.82 Å². The zero-order valence-corrected chi connectivity index (χ0v) is 12.1. The van der Waals surface area contributed by atoms with Crippen molar-refractivity contribution in [3.63, 3.8) is 0 Å². The summed E-state index contributed by atoms with van der Waals surface area (Å²) in [6, 6.07) is 2.35. The summed E-state index contributed by atoms with van der Waals surface area (Å²) in [6.45, 7) is 8.15. The third-order valence-electron chi connectivity index (χ3n) is 3.80. The number of hydrogen-bond acceptors (Lipinski definition) is 4.